The molecule has 0 amide bonds. The Morgan fingerprint density at radius 3 is 1.68 bits per heavy atom. The first kappa shape index (κ1) is 13.6. The summed E-state index contributed by atoms with van der Waals surface area (Å²) >= 11 is 0. The molecule has 0 unspecified atom stereocenters. The van der Waals surface area contributed by atoms with Crippen molar-refractivity contribution in [2.75, 3.05) is 0 Å². The molecule has 0 bridgehead atoms. The van der Waals surface area contributed by atoms with E-state index in [2.05, 4.69) is 0 Å². The highest BCUT2D eigenvalue weighted by atomic mass is 31.2. The number of hydrogen-bond donors (Lipinski definition) is 0. The van der Waals surface area contributed by atoms with E-state index in [4.69, 9.17) is 0 Å². The molecular formula is C17H17OP. The van der Waals surface area contributed by atoms with Gasteiger partial charge in [-0.05, 0) is 12.7 Å². The van der Waals surface area contributed by atoms with E-state index in [0.29, 0.717) is 0 Å². The lowest BCUT2D eigenvalue weighted by Gasteiger charge is -2.14. The Hall–Kier alpha value is -1.85. The van der Waals surface area contributed by atoms with Gasteiger partial charge in [-0.25, -0.2) is 0 Å². The maximum atomic E-state index is 13.4. The summed E-state index contributed by atoms with van der Waals surface area (Å²) in [6.45, 7) is 1.94. The van der Waals surface area contributed by atoms with Gasteiger partial charge in [-0.1, -0.05) is 78.9 Å². The second-order valence-corrected chi connectivity index (χ2v) is 6.84. The van der Waals surface area contributed by atoms with Gasteiger partial charge in [0.1, 0.15) is 0 Å². The third kappa shape index (κ3) is 3.13. The monoisotopic (exact) mass is 268 g/mol. The second-order valence-electron chi connectivity index (χ2n) is 4.20. The highest BCUT2D eigenvalue weighted by Crippen LogP contribution is 2.44. The smallest absolute Gasteiger partial charge is 0.164 e. The molecular weight excluding hydrogens is 251 g/mol. The van der Waals surface area contributed by atoms with Gasteiger partial charge in [0.05, 0.1) is 0 Å². The van der Waals surface area contributed by atoms with Crippen molar-refractivity contribution in [2.24, 2.45) is 0 Å². The Labute approximate surface area is 114 Å². The van der Waals surface area contributed by atoms with Gasteiger partial charge in [-0.15, -0.1) is 0 Å². The first-order valence-electron chi connectivity index (χ1n) is 6.29. The van der Waals surface area contributed by atoms with Gasteiger partial charge in [0, 0.05) is 10.6 Å². The van der Waals surface area contributed by atoms with E-state index in [1.165, 1.54) is 0 Å². The summed E-state index contributed by atoms with van der Waals surface area (Å²) in [5.41, 5.74) is 0. The molecule has 19 heavy (non-hydrogen) atoms. The van der Waals surface area contributed by atoms with Crippen LogP contribution in [0.1, 0.15) is 6.92 Å². The van der Waals surface area contributed by atoms with E-state index in [1.54, 1.807) is 0 Å². The number of allylic oxidation sites excluding steroid dienone is 3. The molecule has 0 N–H and O–H groups in total. The Balaban J connectivity index is 2.54. The topological polar surface area (TPSA) is 17.1 Å². The van der Waals surface area contributed by atoms with Gasteiger partial charge < -0.3 is 4.57 Å². The molecule has 0 radical (unpaired) electrons. The molecule has 2 aromatic carbocycles. The Kier molecular flexibility index (Phi) is 4.54. The maximum Gasteiger partial charge on any atom is 0.164 e. The molecule has 1 nitrogen and oxygen atoms in total. The third-order valence-electron chi connectivity index (χ3n) is 2.88. The minimum absolute atomic E-state index is 0.863. The number of benzene rings is 2. The molecule has 0 heterocycles. The van der Waals surface area contributed by atoms with E-state index in [1.807, 2.05) is 91.6 Å². The van der Waals surface area contributed by atoms with Gasteiger partial charge in [0.2, 0.25) is 0 Å². The van der Waals surface area contributed by atoms with Crippen LogP contribution < -0.4 is 10.6 Å². The summed E-state index contributed by atoms with van der Waals surface area (Å²) in [5, 5.41) is 1.73. The van der Waals surface area contributed by atoms with Crippen molar-refractivity contribution < 1.29 is 4.57 Å². The summed E-state index contributed by atoms with van der Waals surface area (Å²) in [7, 11) is -2.69. The SMILES string of the molecule is CC=CC=CP(=O)(c1ccccc1)c1ccccc1. The fourth-order valence-corrected chi connectivity index (χ4v) is 4.12. The van der Waals surface area contributed by atoms with E-state index in [-0.39, 0.29) is 0 Å². The van der Waals surface area contributed by atoms with Crippen molar-refractivity contribution in [3.63, 3.8) is 0 Å². The summed E-state index contributed by atoms with van der Waals surface area (Å²) in [4.78, 5) is 0. The van der Waals surface area contributed by atoms with Crippen LogP contribution in [0.15, 0.2) is 84.7 Å². The molecule has 0 aliphatic rings. The maximum absolute atomic E-state index is 13.4. The number of rotatable bonds is 4. The molecule has 96 valence electrons. The predicted octanol–water partition coefficient (Wildman–Crippen LogP) is 4.09. The zero-order valence-corrected chi connectivity index (χ0v) is 11.8. The highest BCUT2D eigenvalue weighted by Gasteiger charge is 2.23. The van der Waals surface area contributed by atoms with Gasteiger partial charge >= 0.3 is 0 Å². The zero-order valence-electron chi connectivity index (χ0n) is 10.9. The van der Waals surface area contributed by atoms with Crippen molar-refractivity contribution in [3.8, 4) is 0 Å². The van der Waals surface area contributed by atoms with Crippen molar-refractivity contribution in [3.05, 3.63) is 84.7 Å². The van der Waals surface area contributed by atoms with E-state index in [9.17, 15) is 4.57 Å². The first-order valence-corrected chi connectivity index (χ1v) is 8.06. The Bertz CT molecular complexity index is 569. The highest BCUT2D eigenvalue weighted by molar-refractivity contribution is 7.81. The van der Waals surface area contributed by atoms with Crippen LogP contribution in [0.2, 0.25) is 0 Å². The fourth-order valence-electron chi connectivity index (χ4n) is 1.90. The van der Waals surface area contributed by atoms with Gasteiger partial charge in [0.15, 0.2) is 7.14 Å². The van der Waals surface area contributed by atoms with E-state index in [0.717, 1.165) is 10.6 Å². The van der Waals surface area contributed by atoms with Gasteiger partial charge in [0.25, 0.3) is 0 Å². The molecule has 0 aromatic heterocycles. The molecule has 0 aliphatic heterocycles. The Morgan fingerprint density at radius 1 is 0.789 bits per heavy atom. The second kappa shape index (κ2) is 6.36. The Morgan fingerprint density at radius 2 is 1.26 bits per heavy atom. The normalized spacial score (nSPS) is 12.3. The van der Waals surface area contributed by atoms with Crippen LogP contribution in [0.3, 0.4) is 0 Å². The summed E-state index contributed by atoms with van der Waals surface area (Å²) in [5.74, 6) is 1.82. The van der Waals surface area contributed by atoms with Crippen LogP contribution in [-0.2, 0) is 4.57 Å². The van der Waals surface area contributed by atoms with Crippen LogP contribution in [-0.4, -0.2) is 0 Å². The standard InChI is InChI=1S/C17H17OP/c1-2-3-10-15-19(18,16-11-6-4-7-12-16)17-13-8-5-9-14-17/h2-15H,1H3. The van der Waals surface area contributed by atoms with Gasteiger partial charge in [-0.3, -0.25) is 0 Å². The molecule has 2 aromatic rings. The van der Waals surface area contributed by atoms with Crippen molar-refractivity contribution in [2.45, 2.75) is 6.92 Å². The predicted molar refractivity (Wildman–Crippen MR) is 83.7 cm³/mol. The number of hydrogen-bond acceptors (Lipinski definition) is 1. The lowest BCUT2D eigenvalue weighted by Crippen LogP contribution is -2.13. The molecule has 0 saturated carbocycles. The largest absolute Gasteiger partial charge is 0.309 e. The molecule has 0 aliphatic carbocycles. The molecule has 0 atom stereocenters. The summed E-state index contributed by atoms with van der Waals surface area (Å²) in [6, 6.07) is 19.3. The van der Waals surface area contributed by atoms with E-state index >= 15 is 0 Å². The van der Waals surface area contributed by atoms with Crippen molar-refractivity contribution in [1.29, 1.82) is 0 Å². The lowest BCUT2D eigenvalue weighted by atomic mass is 10.4. The summed E-state index contributed by atoms with van der Waals surface area (Å²) < 4.78 is 13.4. The van der Waals surface area contributed by atoms with Crippen LogP contribution in [0.4, 0.5) is 0 Å². The quantitative estimate of drug-likeness (QED) is 0.603. The average Bonchev–Trinajstić information content (AvgIpc) is 2.49. The first-order chi connectivity index (χ1) is 9.27. The summed E-state index contributed by atoms with van der Waals surface area (Å²) in [6.07, 6.45) is 5.69. The lowest BCUT2D eigenvalue weighted by molar-refractivity contribution is 0.592. The average molecular weight is 268 g/mol. The molecule has 2 rings (SSSR count). The molecule has 0 spiro atoms. The molecule has 0 fully saturated rings. The minimum atomic E-state index is -2.69. The molecule has 2 heteroatoms. The van der Waals surface area contributed by atoms with Crippen LogP contribution in [0.5, 0.6) is 0 Å². The van der Waals surface area contributed by atoms with Crippen LogP contribution in [0.25, 0.3) is 0 Å². The molecule has 0 saturated heterocycles. The van der Waals surface area contributed by atoms with E-state index < -0.39 is 7.14 Å². The minimum Gasteiger partial charge on any atom is -0.309 e. The third-order valence-corrected chi connectivity index (χ3v) is 5.60. The van der Waals surface area contributed by atoms with Crippen LogP contribution in [0, 0.1) is 0 Å². The van der Waals surface area contributed by atoms with Crippen molar-refractivity contribution >= 4 is 17.8 Å². The van der Waals surface area contributed by atoms with Crippen molar-refractivity contribution in [1.82, 2.24) is 0 Å². The van der Waals surface area contributed by atoms with Gasteiger partial charge in [-0.2, -0.15) is 0 Å². The fraction of sp³-hybridized carbons (Fsp3) is 0.0588. The zero-order chi connectivity index (χ0) is 13.6. The van der Waals surface area contributed by atoms with Crippen LogP contribution >= 0.6 is 7.14 Å².